The Bertz CT molecular complexity index is 337. The van der Waals surface area contributed by atoms with E-state index >= 15 is 0 Å². The van der Waals surface area contributed by atoms with Crippen molar-refractivity contribution in [3.63, 3.8) is 0 Å². The van der Waals surface area contributed by atoms with Crippen LogP contribution < -0.4 is 5.73 Å². The molecule has 1 unspecified atom stereocenters. The van der Waals surface area contributed by atoms with E-state index in [2.05, 4.69) is 0 Å². The van der Waals surface area contributed by atoms with E-state index in [1.807, 2.05) is 0 Å². The van der Waals surface area contributed by atoms with E-state index in [9.17, 15) is 9.18 Å². The van der Waals surface area contributed by atoms with Gasteiger partial charge in [0.1, 0.15) is 0 Å². The minimum atomic E-state index is -0.908. The number of rotatable bonds is 6. The molecular weight excluding hydrogens is 209 g/mol. The molecule has 0 aliphatic rings. The zero-order valence-electron chi connectivity index (χ0n) is 9.03. The van der Waals surface area contributed by atoms with Crippen LogP contribution in [0.15, 0.2) is 24.3 Å². The summed E-state index contributed by atoms with van der Waals surface area (Å²) in [4.78, 5) is 11.0. The summed E-state index contributed by atoms with van der Waals surface area (Å²) in [5.74, 6) is -1.53. The van der Waals surface area contributed by atoms with Gasteiger partial charge in [-0.15, -0.1) is 0 Å². The number of carbonyl (C=O) groups is 1. The maximum absolute atomic E-state index is 12.0. The molecule has 88 valence electrons. The second-order valence-electron chi connectivity index (χ2n) is 3.67. The molecule has 0 aliphatic carbocycles. The second kappa shape index (κ2) is 6.23. The van der Waals surface area contributed by atoms with E-state index in [1.165, 1.54) is 0 Å². The number of nitrogens with two attached hydrogens (primary N) is 1. The molecule has 0 aliphatic heterocycles. The number of hydrogen-bond donors (Lipinski definition) is 2. The number of halogens is 1. The molecule has 1 atom stereocenters. The van der Waals surface area contributed by atoms with Crippen molar-refractivity contribution in [2.45, 2.75) is 25.3 Å². The van der Waals surface area contributed by atoms with Gasteiger partial charge in [-0.25, -0.2) is 0 Å². The van der Waals surface area contributed by atoms with Gasteiger partial charge in [0.15, 0.2) is 0 Å². The van der Waals surface area contributed by atoms with Crippen molar-refractivity contribution in [2.75, 3.05) is 6.67 Å². The standard InChI is InChI=1S/C12H16FNO2/c13-7-1-2-11(12(15)16)10-5-3-9(8-14)4-6-10/h3-6,11H,1-2,7-8,14H2,(H,15,16). The highest BCUT2D eigenvalue weighted by Gasteiger charge is 2.18. The third kappa shape index (κ3) is 3.31. The quantitative estimate of drug-likeness (QED) is 0.779. The number of hydrogen-bond acceptors (Lipinski definition) is 2. The molecule has 0 radical (unpaired) electrons. The normalized spacial score (nSPS) is 12.4. The Morgan fingerprint density at radius 2 is 2.00 bits per heavy atom. The third-order valence-corrected chi connectivity index (χ3v) is 2.54. The van der Waals surface area contributed by atoms with Gasteiger partial charge < -0.3 is 10.8 Å². The number of aliphatic carboxylic acids is 1. The molecule has 4 heteroatoms. The molecule has 1 rings (SSSR count). The maximum Gasteiger partial charge on any atom is 0.310 e. The van der Waals surface area contributed by atoms with Crippen LogP contribution in [0.3, 0.4) is 0 Å². The monoisotopic (exact) mass is 225 g/mol. The number of alkyl halides is 1. The molecule has 0 saturated carbocycles. The van der Waals surface area contributed by atoms with Crippen molar-refractivity contribution < 1.29 is 14.3 Å². The molecule has 3 nitrogen and oxygen atoms in total. The Labute approximate surface area is 94.1 Å². The fraction of sp³-hybridized carbons (Fsp3) is 0.417. The van der Waals surface area contributed by atoms with Crippen molar-refractivity contribution in [2.24, 2.45) is 5.73 Å². The Morgan fingerprint density at radius 1 is 1.38 bits per heavy atom. The summed E-state index contributed by atoms with van der Waals surface area (Å²) in [6, 6.07) is 7.11. The van der Waals surface area contributed by atoms with Crippen molar-refractivity contribution in [3.05, 3.63) is 35.4 Å². The first-order chi connectivity index (χ1) is 7.69. The molecule has 0 amide bonds. The lowest BCUT2D eigenvalue weighted by atomic mass is 9.94. The molecule has 16 heavy (non-hydrogen) atoms. The SMILES string of the molecule is NCc1ccc(C(CCCF)C(=O)O)cc1. The van der Waals surface area contributed by atoms with Crippen LogP contribution in [-0.4, -0.2) is 17.8 Å². The van der Waals surface area contributed by atoms with E-state index in [0.29, 0.717) is 18.5 Å². The molecule has 1 aromatic rings. The van der Waals surface area contributed by atoms with Gasteiger partial charge in [0.2, 0.25) is 0 Å². The molecule has 0 spiro atoms. The van der Waals surface area contributed by atoms with Gasteiger partial charge in [-0.3, -0.25) is 9.18 Å². The lowest BCUT2D eigenvalue weighted by molar-refractivity contribution is -0.139. The Hall–Kier alpha value is -1.42. The van der Waals surface area contributed by atoms with E-state index in [1.54, 1.807) is 24.3 Å². The summed E-state index contributed by atoms with van der Waals surface area (Å²) in [6.07, 6.45) is 0.601. The molecule has 0 saturated heterocycles. The topological polar surface area (TPSA) is 63.3 Å². The fourth-order valence-electron chi connectivity index (χ4n) is 1.60. The van der Waals surface area contributed by atoms with Gasteiger partial charge in [0.25, 0.3) is 0 Å². The Balaban J connectivity index is 2.79. The lowest BCUT2D eigenvalue weighted by Gasteiger charge is -2.12. The average Bonchev–Trinajstić information content (AvgIpc) is 2.30. The summed E-state index contributed by atoms with van der Waals surface area (Å²) in [5, 5.41) is 9.03. The highest BCUT2D eigenvalue weighted by Crippen LogP contribution is 2.22. The Kier molecular flexibility index (Phi) is 4.92. The summed E-state index contributed by atoms with van der Waals surface area (Å²) in [6.45, 7) is -0.0485. The van der Waals surface area contributed by atoms with Crippen LogP contribution in [0.2, 0.25) is 0 Å². The van der Waals surface area contributed by atoms with Crippen LogP contribution in [0.5, 0.6) is 0 Å². The van der Waals surface area contributed by atoms with Gasteiger partial charge in [0, 0.05) is 6.54 Å². The van der Waals surface area contributed by atoms with Crippen LogP contribution in [-0.2, 0) is 11.3 Å². The molecule has 1 aromatic carbocycles. The second-order valence-corrected chi connectivity index (χ2v) is 3.67. The van der Waals surface area contributed by atoms with Gasteiger partial charge >= 0.3 is 5.97 Å². The molecule has 0 bridgehead atoms. The maximum atomic E-state index is 12.0. The van der Waals surface area contributed by atoms with Crippen LogP contribution >= 0.6 is 0 Å². The zero-order chi connectivity index (χ0) is 12.0. The van der Waals surface area contributed by atoms with E-state index in [4.69, 9.17) is 10.8 Å². The van der Waals surface area contributed by atoms with E-state index in [-0.39, 0.29) is 6.42 Å². The minimum absolute atomic E-state index is 0.273. The summed E-state index contributed by atoms with van der Waals surface area (Å²) < 4.78 is 12.0. The first-order valence-electron chi connectivity index (χ1n) is 5.26. The Morgan fingerprint density at radius 3 is 2.44 bits per heavy atom. The predicted octanol–water partition coefficient (Wildman–Crippen LogP) is 2.06. The average molecular weight is 225 g/mol. The summed E-state index contributed by atoms with van der Waals surface area (Å²) >= 11 is 0. The van der Waals surface area contributed by atoms with Crippen molar-refractivity contribution in [1.82, 2.24) is 0 Å². The lowest BCUT2D eigenvalue weighted by Crippen LogP contribution is -2.12. The first kappa shape index (κ1) is 12.6. The predicted molar refractivity (Wildman–Crippen MR) is 59.9 cm³/mol. The minimum Gasteiger partial charge on any atom is -0.481 e. The molecule has 0 aromatic heterocycles. The third-order valence-electron chi connectivity index (χ3n) is 2.54. The van der Waals surface area contributed by atoms with Gasteiger partial charge in [0.05, 0.1) is 12.6 Å². The van der Waals surface area contributed by atoms with E-state index in [0.717, 1.165) is 5.56 Å². The van der Waals surface area contributed by atoms with Crippen molar-refractivity contribution in [1.29, 1.82) is 0 Å². The van der Waals surface area contributed by atoms with Crippen LogP contribution in [0.25, 0.3) is 0 Å². The van der Waals surface area contributed by atoms with Gasteiger partial charge in [-0.1, -0.05) is 24.3 Å². The number of carboxylic acids is 1. The van der Waals surface area contributed by atoms with E-state index < -0.39 is 18.6 Å². The molecular formula is C12H16FNO2. The molecule has 0 fully saturated rings. The number of benzene rings is 1. The summed E-state index contributed by atoms with van der Waals surface area (Å²) in [5.41, 5.74) is 7.11. The largest absolute Gasteiger partial charge is 0.481 e. The highest BCUT2D eigenvalue weighted by molar-refractivity contribution is 5.76. The molecule has 3 N–H and O–H groups in total. The van der Waals surface area contributed by atoms with Crippen molar-refractivity contribution in [3.8, 4) is 0 Å². The summed E-state index contributed by atoms with van der Waals surface area (Å²) in [7, 11) is 0. The van der Waals surface area contributed by atoms with Gasteiger partial charge in [-0.05, 0) is 24.0 Å². The smallest absolute Gasteiger partial charge is 0.310 e. The van der Waals surface area contributed by atoms with Crippen LogP contribution in [0.1, 0.15) is 29.9 Å². The number of carboxylic acid groups (broad SMARTS) is 1. The first-order valence-corrected chi connectivity index (χ1v) is 5.26. The van der Waals surface area contributed by atoms with Gasteiger partial charge in [-0.2, -0.15) is 0 Å². The fourth-order valence-corrected chi connectivity index (χ4v) is 1.60. The van der Waals surface area contributed by atoms with Crippen molar-refractivity contribution >= 4 is 5.97 Å². The molecule has 0 heterocycles. The van der Waals surface area contributed by atoms with Crippen LogP contribution in [0, 0.1) is 0 Å². The zero-order valence-corrected chi connectivity index (χ0v) is 9.03. The van der Waals surface area contributed by atoms with Crippen LogP contribution in [0.4, 0.5) is 4.39 Å². The highest BCUT2D eigenvalue weighted by atomic mass is 19.1.